The average Bonchev–Trinajstić information content (AvgIpc) is 3.40. The molecule has 0 heterocycles. The lowest BCUT2D eigenvalue weighted by molar-refractivity contribution is -0.150. The SMILES string of the molecule is CCOc1ccc(S(=O)(=O)NCCC(=O)N(C2CC2)C(C)C(=O)O)cc1. The van der Waals surface area contributed by atoms with Crippen LogP contribution in [0.3, 0.4) is 0 Å². The topological polar surface area (TPSA) is 113 Å². The van der Waals surface area contributed by atoms with Gasteiger partial charge in [0, 0.05) is 19.0 Å². The predicted octanol–water partition coefficient (Wildman–Crippen LogP) is 1.22. The monoisotopic (exact) mass is 384 g/mol. The van der Waals surface area contributed by atoms with E-state index in [2.05, 4.69) is 4.72 Å². The van der Waals surface area contributed by atoms with Gasteiger partial charge in [0.2, 0.25) is 15.9 Å². The molecule has 8 nitrogen and oxygen atoms in total. The van der Waals surface area contributed by atoms with E-state index in [9.17, 15) is 18.0 Å². The van der Waals surface area contributed by atoms with E-state index in [0.717, 1.165) is 12.8 Å². The van der Waals surface area contributed by atoms with Gasteiger partial charge in [0.15, 0.2) is 0 Å². The highest BCUT2D eigenvalue weighted by atomic mass is 32.2. The van der Waals surface area contributed by atoms with Crippen LogP contribution in [-0.4, -0.2) is 55.5 Å². The smallest absolute Gasteiger partial charge is 0.326 e. The standard InChI is InChI=1S/C17H24N2O6S/c1-3-25-14-6-8-15(9-7-14)26(23,24)18-11-10-16(20)19(13-4-5-13)12(2)17(21)22/h6-9,12-13,18H,3-5,10-11H2,1-2H3,(H,21,22). The fraction of sp³-hybridized carbons (Fsp3) is 0.529. The molecule has 9 heteroatoms. The maximum absolute atomic E-state index is 12.3. The Kier molecular flexibility index (Phi) is 6.60. The van der Waals surface area contributed by atoms with Gasteiger partial charge >= 0.3 is 5.97 Å². The van der Waals surface area contributed by atoms with E-state index < -0.39 is 22.0 Å². The number of carbonyl (C=O) groups is 2. The maximum Gasteiger partial charge on any atom is 0.326 e. The van der Waals surface area contributed by atoms with Crippen molar-refractivity contribution in [3.63, 3.8) is 0 Å². The zero-order valence-electron chi connectivity index (χ0n) is 14.8. The summed E-state index contributed by atoms with van der Waals surface area (Å²) in [6.45, 7) is 3.69. The predicted molar refractivity (Wildman–Crippen MR) is 94.4 cm³/mol. The Labute approximate surface area is 153 Å². The van der Waals surface area contributed by atoms with Gasteiger partial charge in [0.05, 0.1) is 11.5 Å². The third-order valence-corrected chi connectivity index (χ3v) is 5.56. The van der Waals surface area contributed by atoms with Gasteiger partial charge in [0.1, 0.15) is 11.8 Å². The summed E-state index contributed by atoms with van der Waals surface area (Å²) in [5.41, 5.74) is 0. The van der Waals surface area contributed by atoms with Gasteiger partial charge < -0.3 is 14.7 Å². The number of aliphatic carboxylic acids is 1. The lowest BCUT2D eigenvalue weighted by Crippen LogP contribution is -2.45. The summed E-state index contributed by atoms with van der Waals surface area (Å²) in [5, 5.41) is 9.13. The Morgan fingerprint density at radius 2 is 1.92 bits per heavy atom. The van der Waals surface area contributed by atoms with E-state index >= 15 is 0 Å². The molecular formula is C17H24N2O6S. The van der Waals surface area contributed by atoms with Gasteiger partial charge in [-0.1, -0.05) is 0 Å². The van der Waals surface area contributed by atoms with Crippen LogP contribution in [0.1, 0.15) is 33.1 Å². The molecule has 1 aromatic carbocycles. The molecule has 0 aliphatic heterocycles. The van der Waals surface area contributed by atoms with Crippen molar-refractivity contribution in [3.8, 4) is 5.75 Å². The van der Waals surface area contributed by atoms with Crippen molar-refractivity contribution in [1.82, 2.24) is 9.62 Å². The molecule has 1 fully saturated rings. The summed E-state index contributed by atoms with van der Waals surface area (Å²) in [7, 11) is -3.75. The van der Waals surface area contributed by atoms with Crippen LogP contribution in [0.25, 0.3) is 0 Å². The van der Waals surface area contributed by atoms with Gasteiger partial charge in [-0.3, -0.25) is 4.79 Å². The average molecular weight is 384 g/mol. The molecule has 2 rings (SSSR count). The number of sulfonamides is 1. The second kappa shape index (κ2) is 8.50. The van der Waals surface area contributed by atoms with Gasteiger partial charge in [-0.2, -0.15) is 0 Å². The first-order valence-corrected chi connectivity index (χ1v) is 10.0. The van der Waals surface area contributed by atoms with Crippen LogP contribution in [0, 0.1) is 0 Å². The van der Waals surface area contributed by atoms with Crippen molar-refractivity contribution in [2.75, 3.05) is 13.2 Å². The lowest BCUT2D eigenvalue weighted by atomic mass is 10.2. The second-order valence-corrected chi connectivity index (χ2v) is 7.87. The Balaban J connectivity index is 1.92. The van der Waals surface area contributed by atoms with E-state index in [4.69, 9.17) is 9.84 Å². The van der Waals surface area contributed by atoms with Gasteiger partial charge in [-0.25, -0.2) is 17.9 Å². The first-order valence-electron chi connectivity index (χ1n) is 8.52. The molecule has 1 unspecified atom stereocenters. The molecule has 0 aromatic heterocycles. The minimum Gasteiger partial charge on any atom is -0.494 e. The van der Waals surface area contributed by atoms with E-state index in [0.29, 0.717) is 12.4 Å². The van der Waals surface area contributed by atoms with Crippen molar-refractivity contribution < 1.29 is 27.9 Å². The number of carboxylic acids is 1. The molecule has 0 radical (unpaired) electrons. The van der Waals surface area contributed by atoms with Crippen LogP contribution >= 0.6 is 0 Å². The largest absolute Gasteiger partial charge is 0.494 e. The first kappa shape index (κ1) is 20.2. The Morgan fingerprint density at radius 3 is 2.42 bits per heavy atom. The van der Waals surface area contributed by atoms with Crippen LogP contribution in [-0.2, 0) is 19.6 Å². The number of ether oxygens (including phenoxy) is 1. The molecule has 0 spiro atoms. The van der Waals surface area contributed by atoms with E-state index in [1.807, 2.05) is 6.92 Å². The molecule has 1 aromatic rings. The molecule has 2 N–H and O–H groups in total. The van der Waals surface area contributed by atoms with Gasteiger partial charge in [0.25, 0.3) is 0 Å². The summed E-state index contributed by atoms with van der Waals surface area (Å²) in [6.07, 6.45) is 1.47. The van der Waals surface area contributed by atoms with Gasteiger partial charge in [-0.15, -0.1) is 0 Å². The van der Waals surface area contributed by atoms with Crippen molar-refractivity contribution in [3.05, 3.63) is 24.3 Å². The fourth-order valence-corrected chi connectivity index (χ4v) is 3.63. The van der Waals surface area contributed by atoms with Crippen LogP contribution in [0.2, 0.25) is 0 Å². The molecule has 144 valence electrons. The number of hydrogen-bond donors (Lipinski definition) is 2. The molecule has 1 saturated carbocycles. The zero-order chi connectivity index (χ0) is 19.3. The number of hydrogen-bond acceptors (Lipinski definition) is 5. The van der Waals surface area contributed by atoms with Gasteiger partial charge in [-0.05, 0) is 51.0 Å². The third-order valence-electron chi connectivity index (χ3n) is 4.08. The van der Waals surface area contributed by atoms with E-state index in [1.165, 1.54) is 24.0 Å². The summed E-state index contributed by atoms with van der Waals surface area (Å²) < 4.78 is 32.2. The van der Waals surface area contributed by atoms with Crippen LogP contribution < -0.4 is 9.46 Å². The van der Waals surface area contributed by atoms with Crippen LogP contribution in [0.5, 0.6) is 5.75 Å². The number of carboxylic acid groups (broad SMARTS) is 1. The summed E-state index contributed by atoms with van der Waals surface area (Å²) in [6, 6.07) is 5.00. The summed E-state index contributed by atoms with van der Waals surface area (Å²) in [5.74, 6) is -0.860. The van der Waals surface area contributed by atoms with E-state index in [1.54, 1.807) is 12.1 Å². The van der Waals surface area contributed by atoms with Crippen molar-refractivity contribution in [1.29, 1.82) is 0 Å². The normalized spacial score (nSPS) is 15.3. The van der Waals surface area contributed by atoms with Crippen LogP contribution in [0.15, 0.2) is 29.2 Å². The first-order chi connectivity index (χ1) is 12.3. The number of carbonyl (C=O) groups excluding carboxylic acids is 1. The minimum absolute atomic E-state index is 0.0590. The molecule has 1 aliphatic carbocycles. The summed E-state index contributed by atoms with van der Waals surface area (Å²) >= 11 is 0. The quantitative estimate of drug-likeness (QED) is 0.627. The Bertz CT molecular complexity index is 743. The van der Waals surface area contributed by atoms with Crippen LogP contribution in [0.4, 0.5) is 0 Å². The highest BCUT2D eigenvalue weighted by molar-refractivity contribution is 7.89. The minimum atomic E-state index is -3.75. The maximum atomic E-state index is 12.3. The van der Waals surface area contributed by atoms with E-state index in [-0.39, 0.29) is 29.8 Å². The number of benzene rings is 1. The van der Waals surface area contributed by atoms with Crippen molar-refractivity contribution >= 4 is 21.9 Å². The highest BCUT2D eigenvalue weighted by Crippen LogP contribution is 2.29. The number of nitrogens with zero attached hydrogens (tertiary/aromatic N) is 1. The third kappa shape index (κ3) is 5.18. The molecule has 0 bridgehead atoms. The molecule has 26 heavy (non-hydrogen) atoms. The Hall–Kier alpha value is -2.13. The summed E-state index contributed by atoms with van der Waals surface area (Å²) in [4.78, 5) is 24.9. The molecule has 1 atom stereocenters. The lowest BCUT2D eigenvalue weighted by Gasteiger charge is -2.26. The number of amides is 1. The molecule has 1 aliphatic rings. The second-order valence-electron chi connectivity index (χ2n) is 6.10. The molecule has 1 amide bonds. The number of rotatable bonds is 10. The van der Waals surface area contributed by atoms with Crippen molar-refractivity contribution in [2.24, 2.45) is 0 Å². The Morgan fingerprint density at radius 1 is 1.31 bits per heavy atom. The number of nitrogens with one attached hydrogen (secondary N) is 1. The van der Waals surface area contributed by atoms with Crippen molar-refractivity contribution in [2.45, 2.75) is 50.1 Å². The zero-order valence-corrected chi connectivity index (χ0v) is 15.7. The fourth-order valence-electron chi connectivity index (χ4n) is 2.59. The molecule has 0 saturated heterocycles. The highest BCUT2D eigenvalue weighted by Gasteiger charge is 2.38. The molecular weight excluding hydrogens is 360 g/mol.